The third kappa shape index (κ3) is 3.94. The van der Waals surface area contributed by atoms with Crippen LogP contribution in [0.1, 0.15) is 55.3 Å². The summed E-state index contributed by atoms with van der Waals surface area (Å²) < 4.78 is 10.7. The van der Waals surface area contributed by atoms with Gasteiger partial charge >= 0.3 is 0 Å². The summed E-state index contributed by atoms with van der Waals surface area (Å²) in [4.78, 5) is 27.5. The Morgan fingerprint density at radius 3 is 2.19 bits per heavy atom. The van der Waals surface area contributed by atoms with Gasteiger partial charge in [-0.2, -0.15) is 0 Å². The summed E-state index contributed by atoms with van der Waals surface area (Å²) >= 11 is 0. The molecule has 2 amide bonds. The van der Waals surface area contributed by atoms with E-state index in [1.807, 2.05) is 4.90 Å². The number of hydrogen-bond donors (Lipinski definition) is 1. The number of carbonyl (C=O) groups is 2. The minimum Gasteiger partial charge on any atom is -0.493 e. The smallest absolute Gasteiger partial charge is 0.256 e. The minimum atomic E-state index is -0.0672. The second-order valence-corrected chi connectivity index (χ2v) is 7.08. The number of nitrogens with one attached hydrogen (secondary N) is 1. The molecule has 1 saturated heterocycles. The maximum Gasteiger partial charge on any atom is 0.256 e. The SMILES string of the molecule is COc1cc(NC(=O)C2CCCCC2)c(C(=O)N2CCCC2)cc1OC. The van der Waals surface area contributed by atoms with Crippen LogP contribution in [0.25, 0.3) is 0 Å². The highest BCUT2D eigenvalue weighted by Gasteiger charge is 2.27. The molecule has 0 unspecified atom stereocenters. The van der Waals surface area contributed by atoms with Gasteiger partial charge in [-0.05, 0) is 31.7 Å². The zero-order valence-electron chi connectivity index (χ0n) is 15.7. The summed E-state index contributed by atoms with van der Waals surface area (Å²) in [6.07, 6.45) is 7.22. The number of carbonyl (C=O) groups excluding carboxylic acids is 2. The Balaban J connectivity index is 1.89. The van der Waals surface area contributed by atoms with Gasteiger partial charge in [0, 0.05) is 25.1 Å². The van der Waals surface area contributed by atoms with E-state index < -0.39 is 0 Å². The highest BCUT2D eigenvalue weighted by molar-refractivity contribution is 6.05. The number of nitrogens with zero attached hydrogens (tertiary/aromatic N) is 1. The summed E-state index contributed by atoms with van der Waals surface area (Å²) in [5.74, 6) is 0.941. The molecule has 2 aliphatic rings. The highest BCUT2D eigenvalue weighted by Crippen LogP contribution is 2.35. The van der Waals surface area contributed by atoms with Crippen molar-refractivity contribution in [3.05, 3.63) is 17.7 Å². The Morgan fingerprint density at radius 1 is 0.962 bits per heavy atom. The fraction of sp³-hybridized carbons (Fsp3) is 0.600. The van der Waals surface area contributed by atoms with Gasteiger partial charge in [0.05, 0.1) is 25.5 Å². The number of amides is 2. The lowest BCUT2D eigenvalue weighted by molar-refractivity contribution is -0.120. The quantitative estimate of drug-likeness (QED) is 0.873. The van der Waals surface area contributed by atoms with Crippen molar-refractivity contribution in [2.75, 3.05) is 32.6 Å². The lowest BCUT2D eigenvalue weighted by atomic mass is 9.88. The molecule has 1 aliphatic heterocycles. The molecule has 0 atom stereocenters. The maximum absolute atomic E-state index is 13.0. The van der Waals surface area contributed by atoms with Crippen LogP contribution in [0.15, 0.2) is 12.1 Å². The molecule has 0 spiro atoms. The van der Waals surface area contributed by atoms with Crippen molar-refractivity contribution in [3.8, 4) is 11.5 Å². The van der Waals surface area contributed by atoms with Crippen molar-refractivity contribution in [1.82, 2.24) is 4.90 Å². The van der Waals surface area contributed by atoms with Crippen LogP contribution in [-0.4, -0.2) is 44.0 Å². The normalized spacial score (nSPS) is 17.8. The molecule has 26 heavy (non-hydrogen) atoms. The van der Waals surface area contributed by atoms with E-state index in [0.29, 0.717) is 22.7 Å². The largest absolute Gasteiger partial charge is 0.493 e. The molecular weight excluding hydrogens is 332 g/mol. The Bertz CT molecular complexity index is 662. The van der Waals surface area contributed by atoms with E-state index in [4.69, 9.17) is 9.47 Å². The lowest BCUT2D eigenvalue weighted by Gasteiger charge is -2.23. The molecule has 6 heteroatoms. The van der Waals surface area contributed by atoms with Crippen molar-refractivity contribution >= 4 is 17.5 Å². The molecular formula is C20H28N2O4. The van der Waals surface area contributed by atoms with E-state index >= 15 is 0 Å². The number of rotatable bonds is 5. The molecule has 1 saturated carbocycles. The zero-order chi connectivity index (χ0) is 18.5. The molecule has 1 aromatic rings. The van der Waals surface area contributed by atoms with Crippen molar-refractivity contribution < 1.29 is 19.1 Å². The van der Waals surface area contributed by atoms with Gasteiger partial charge < -0.3 is 19.7 Å². The fourth-order valence-electron chi connectivity index (χ4n) is 3.85. The number of ether oxygens (including phenoxy) is 2. The van der Waals surface area contributed by atoms with Gasteiger partial charge in [-0.1, -0.05) is 19.3 Å². The average molecular weight is 360 g/mol. The molecule has 0 aromatic heterocycles. The summed E-state index contributed by atoms with van der Waals surface area (Å²) in [7, 11) is 3.09. The molecule has 1 aromatic carbocycles. The first-order valence-electron chi connectivity index (χ1n) is 9.50. The molecule has 6 nitrogen and oxygen atoms in total. The molecule has 0 bridgehead atoms. The Labute approximate surface area is 154 Å². The van der Waals surface area contributed by atoms with E-state index in [0.717, 1.165) is 51.6 Å². The van der Waals surface area contributed by atoms with Crippen LogP contribution < -0.4 is 14.8 Å². The molecule has 1 heterocycles. The molecule has 1 N–H and O–H groups in total. The van der Waals surface area contributed by atoms with E-state index in [1.54, 1.807) is 26.4 Å². The Hall–Kier alpha value is -2.24. The van der Waals surface area contributed by atoms with Crippen LogP contribution in [-0.2, 0) is 4.79 Å². The first kappa shape index (κ1) is 18.5. The number of anilines is 1. The summed E-state index contributed by atoms with van der Waals surface area (Å²) in [6.45, 7) is 1.51. The van der Waals surface area contributed by atoms with E-state index in [9.17, 15) is 9.59 Å². The number of methoxy groups -OCH3 is 2. The van der Waals surface area contributed by atoms with Crippen LogP contribution in [0.2, 0.25) is 0 Å². The van der Waals surface area contributed by atoms with Gasteiger partial charge in [-0.15, -0.1) is 0 Å². The van der Waals surface area contributed by atoms with Gasteiger partial charge in [0.1, 0.15) is 0 Å². The minimum absolute atomic E-state index is 0.00704. The van der Waals surface area contributed by atoms with E-state index in [1.165, 1.54) is 6.42 Å². The van der Waals surface area contributed by atoms with Crippen LogP contribution in [0.5, 0.6) is 11.5 Å². The van der Waals surface area contributed by atoms with Crippen molar-refractivity contribution in [2.24, 2.45) is 5.92 Å². The van der Waals surface area contributed by atoms with Crippen molar-refractivity contribution in [3.63, 3.8) is 0 Å². The van der Waals surface area contributed by atoms with Gasteiger partial charge in [-0.25, -0.2) is 0 Å². The summed E-state index contributed by atoms with van der Waals surface area (Å²) in [5, 5.41) is 2.99. The highest BCUT2D eigenvalue weighted by atomic mass is 16.5. The van der Waals surface area contributed by atoms with E-state index in [2.05, 4.69) is 5.32 Å². The standard InChI is InChI=1S/C20H28N2O4/c1-25-17-12-15(20(24)22-10-6-7-11-22)16(13-18(17)26-2)21-19(23)14-8-4-3-5-9-14/h12-14H,3-11H2,1-2H3,(H,21,23). The van der Waals surface area contributed by atoms with Gasteiger partial charge in [0.15, 0.2) is 11.5 Å². The summed E-state index contributed by atoms with van der Waals surface area (Å²) in [6, 6.07) is 3.37. The number of hydrogen-bond acceptors (Lipinski definition) is 4. The average Bonchev–Trinajstić information content (AvgIpc) is 3.22. The van der Waals surface area contributed by atoms with Crippen molar-refractivity contribution in [2.45, 2.75) is 44.9 Å². The second kappa shape index (κ2) is 8.43. The summed E-state index contributed by atoms with van der Waals surface area (Å²) in [5.41, 5.74) is 0.976. The monoisotopic (exact) mass is 360 g/mol. The van der Waals surface area contributed by atoms with Gasteiger partial charge in [-0.3, -0.25) is 9.59 Å². The number of benzene rings is 1. The lowest BCUT2D eigenvalue weighted by Crippen LogP contribution is -2.30. The second-order valence-electron chi connectivity index (χ2n) is 7.08. The fourth-order valence-corrected chi connectivity index (χ4v) is 3.85. The predicted octanol–water partition coefficient (Wildman–Crippen LogP) is 3.46. The Morgan fingerprint density at radius 2 is 1.58 bits per heavy atom. The van der Waals surface area contributed by atoms with Crippen LogP contribution in [0, 0.1) is 5.92 Å². The van der Waals surface area contributed by atoms with Crippen LogP contribution >= 0.6 is 0 Å². The number of likely N-dealkylation sites (tertiary alicyclic amines) is 1. The first-order valence-corrected chi connectivity index (χ1v) is 9.50. The Kier molecular flexibility index (Phi) is 6.01. The van der Waals surface area contributed by atoms with Gasteiger partial charge in [0.25, 0.3) is 5.91 Å². The van der Waals surface area contributed by atoms with Crippen LogP contribution in [0.4, 0.5) is 5.69 Å². The third-order valence-corrected chi connectivity index (χ3v) is 5.38. The molecule has 0 radical (unpaired) electrons. The van der Waals surface area contributed by atoms with Crippen molar-refractivity contribution in [1.29, 1.82) is 0 Å². The third-order valence-electron chi connectivity index (χ3n) is 5.38. The molecule has 3 rings (SSSR count). The topological polar surface area (TPSA) is 67.9 Å². The maximum atomic E-state index is 13.0. The molecule has 1 aliphatic carbocycles. The molecule has 2 fully saturated rings. The predicted molar refractivity (Wildman–Crippen MR) is 99.9 cm³/mol. The first-order chi connectivity index (χ1) is 12.6. The van der Waals surface area contributed by atoms with Crippen LogP contribution in [0.3, 0.4) is 0 Å². The van der Waals surface area contributed by atoms with E-state index in [-0.39, 0.29) is 17.7 Å². The van der Waals surface area contributed by atoms with Gasteiger partial charge in [0.2, 0.25) is 5.91 Å². The molecule has 142 valence electrons. The zero-order valence-corrected chi connectivity index (χ0v) is 15.7.